The number of rotatable bonds is 4. The highest BCUT2D eigenvalue weighted by atomic mass is 79.9. The molecule has 1 aliphatic heterocycles. The zero-order chi connectivity index (χ0) is 19.0. The second-order valence-corrected chi connectivity index (χ2v) is 8.55. The highest BCUT2D eigenvalue weighted by Gasteiger charge is 2.50. The molecule has 8 heteroatoms. The summed E-state index contributed by atoms with van der Waals surface area (Å²) in [7, 11) is 0. The quantitative estimate of drug-likeness (QED) is 0.766. The van der Waals surface area contributed by atoms with Crippen molar-refractivity contribution in [3.05, 3.63) is 27.2 Å². The van der Waals surface area contributed by atoms with Crippen molar-refractivity contribution < 1.29 is 24.2 Å². The molecule has 1 N–H and O–H groups in total. The van der Waals surface area contributed by atoms with Gasteiger partial charge in [-0.2, -0.15) is 0 Å². The van der Waals surface area contributed by atoms with Gasteiger partial charge in [0.05, 0.1) is 24.5 Å². The van der Waals surface area contributed by atoms with Gasteiger partial charge < -0.3 is 14.6 Å². The fourth-order valence-corrected chi connectivity index (χ4v) is 3.64. The van der Waals surface area contributed by atoms with E-state index in [0.29, 0.717) is 10.8 Å². The van der Waals surface area contributed by atoms with E-state index in [1.807, 2.05) is 13.0 Å². The summed E-state index contributed by atoms with van der Waals surface area (Å²) in [6, 6.07) is 3.52. The maximum atomic E-state index is 12.1. The molecule has 1 amide bonds. The SMILES string of the molecule is Cc1cc(Br)cc(Cl)c1OC1(CC(=O)O)CN(C(=O)OC(C)(C)C)C1. The van der Waals surface area contributed by atoms with Crippen LogP contribution < -0.4 is 4.74 Å². The van der Waals surface area contributed by atoms with Gasteiger partial charge in [0.1, 0.15) is 11.4 Å². The van der Waals surface area contributed by atoms with Crippen LogP contribution in [0, 0.1) is 6.92 Å². The number of amides is 1. The number of nitrogens with zero attached hydrogens (tertiary/aromatic N) is 1. The minimum absolute atomic E-state index is 0.125. The Labute approximate surface area is 160 Å². The molecule has 0 saturated carbocycles. The van der Waals surface area contributed by atoms with Gasteiger partial charge in [-0.05, 0) is 45.4 Å². The van der Waals surface area contributed by atoms with E-state index in [9.17, 15) is 14.7 Å². The number of hydrogen-bond acceptors (Lipinski definition) is 4. The molecule has 1 aromatic rings. The number of hydrogen-bond donors (Lipinski definition) is 1. The number of aryl methyl sites for hydroxylation is 1. The van der Waals surface area contributed by atoms with Crippen LogP contribution in [0.25, 0.3) is 0 Å². The van der Waals surface area contributed by atoms with Crippen molar-refractivity contribution in [3.63, 3.8) is 0 Å². The van der Waals surface area contributed by atoms with Crippen molar-refractivity contribution in [2.75, 3.05) is 13.1 Å². The van der Waals surface area contributed by atoms with Crippen molar-refractivity contribution in [1.29, 1.82) is 0 Å². The molecule has 1 aromatic carbocycles. The van der Waals surface area contributed by atoms with Crippen LogP contribution in [0.4, 0.5) is 4.79 Å². The van der Waals surface area contributed by atoms with Gasteiger partial charge in [0.2, 0.25) is 0 Å². The monoisotopic (exact) mass is 433 g/mol. The number of likely N-dealkylation sites (tertiary alicyclic amines) is 1. The van der Waals surface area contributed by atoms with E-state index in [-0.39, 0.29) is 19.5 Å². The molecule has 0 atom stereocenters. The molecule has 0 aromatic heterocycles. The lowest BCUT2D eigenvalue weighted by Gasteiger charge is -2.48. The number of carboxylic acid groups (broad SMARTS) is 1. The summed E-state index contributed by atoms with van der Waals surface area (Å²) in [5, 5.41) is 9.61. The molecular formula is C17H21BrClNO5. The highest BCUT2D eigenvalue weighted by Crippen LogP contribution is 2.38. The zero-order valence-corrected chi connectivity index (χ0v) is 16.9. The van der Waals surface area contributed by atoms with Crippen LogP contribution in [0.2, 0.25) is 5.02 Å². The average Bonchev–Trinajstić information content (AvgIpc) is 2.36. The first-order valence-corrected chi connectivity index (χ1v) is 8.92. The summed E-state index contributed by atoms with van der Waals surface area (Å²) >= 11 is 9.59. The third kappa shape index (κ3) is 5.01. The Hall–Kier alpha value is -1.47. The number of benzene rings is 1. The summed E-state index contributed by atoms with van der Waals surface area (Å²) in [6.07, 6.45) is -0.728. The number of carboxylic acids is 1. The van der Waals surface area contributed by atoms with Crippen molar-refractivity contribution >= 4 is 39.6 Å². The summed E-state index contributed by atoms with van der Waals surface area (Å²) in [5.41, 5.74) is -0.862. The van der Waals surface area contributed by atoms with E-state index >= 15 is 0 Å². The molecule has 0 spiro atoms. The Bertz CT molecular complexity index is 672. The fraction of sp³-hybridized carbons (Fsp3) is 0.529. The molecule has 0 bridgehead atoms. The van der Waals surface area contributed by atoms with Gasteiger partial charge in [-0.25, -0.2) is 4.79 Å². The van der Waals surface area contributed by atoms with Crippen molar-refractivity contribution in [1.82, 2.24) is 4.90 Å². The van der Waals surface area contributed by atoms with Crippen LogP contribution in [0.3, 0.4) is 0 Å². The number of aliphatic carboxylic acids is 1. The summed E-state index contributed by atoms with van der Waals surface area (Å²) in [6.45, 7) is 7.40. The number of halogens is 2. The highest BCUT2D eigenvalue weighted by molar-refractivity contribution is 9.10. The van der Waals surface area contributed by atoms with Crippen LogP contribution >= 0.6 is 27.5 Å². The first kappa shape index (κ1) is 19.8. The van der Waals surface area contributed by atoms with Crippen LogP contribution in [0.15, 0.2) is 16.6 Å². The predicted octanol–water partition coefficient (Wildman–Crippen LogP) is 4.25. The predicted molar refractivity (Wildman–Crippen MR) is 97.3 cm³/mol. The van der Waals surface area contributed by atoms with E-state index < -0.39 is 23.3 Å². The van der Waals surface area contributed by atoms with E-state index in [1.165, 1.54) is 4.90 Å². The molecule has 0 unspecified atom stereocenters. The van der Waals surface area contributed by atoms with E-state index in [4.69, 9.17) is 21.1 Å². The van der Waals surface area contributed by atoms with Gasteiger partial charge in [0.25, 0.3) is 0 Å². The van der Waals surface area contributed by atoms with E-state index in [2.05, 4.69) is 15.9 Å². The molecule has 0 aliphatic carbocycles. The molecule has 1 saturated heterocycles. The minimum Gasteiger partial charge on any atom is -0.481 e. The Morgan fingerprint density at radius 1 is 1.36 bits per heavy atom. The Morgan fingerprint density at radius 3 is 2.44 bits per heavy atom. The van der Waals surface area contributed by atoms with Crippen LogP contribution in [0.1, 0.15) is 32.8 Å². The number of ether oxygens (including phenoxy) is 2. The molecule has 1 fully saturated rings. The fourth-order valence-electron chi connectivity index (χ4n) is 2.63. The molecular weight excluding hydrogens is 414 g/mol. The Morgan fingerprint density at radius 2 is 1.96 bits per heavy atom. The van der Waals surface area contributed by atoms with Gasteiger partial charge in [-0.3, -0.25) is 9.69 Å². The van der Waals surface area contributed by atoms with Crippen LogP contribution in [0.5, 0.6) is 5.75 Å². The molecule has 6 nitrogen and oxygen atoms in total. The minimum atomic E-state index is -1.02. The lowest BCUT2D eigenvalue weighted by molar-refractivity contribution is -0.149. The lowest BCUT2D eigenvalue weighted by atomic mass is 9.90. The van der Waals surface area contributed by atoms with Gasteiger partial charge in [-0.15, -0.1) is 0 Å². The second kappa shape index (κ2) is 7.03. The molecule has 25 heavy (non-hydrogen) atoms. The summed E-state index contributed by atoms with van der Waals surface area (Å²) in [5.74, 6) is -0.579. The van der Waals surface area contributed by atoms with E-state index in [0.717, 1.165) is 10.0 Å². The van der Waals surface area contributed by atoms with Crippen molar-refractivity contribution in [3.8, 4) is 5.75 Å². The van der Waals surface area contributed by atoms with Crippen molar-refractivity contribution in [2.24, 2.45) is 0 Å². The van der Waals surface area contributed by atoms with Crippen molar-refractivity contribution in [2.45, 2.75) is 45.3 Å². The normalized spacial score (nSPS) is 16.2. The smallest absolute Gasteiger partial charge is 0.410 e. The molecule has 1 heterocycles. The topological polar surface area (TPSA) is 76.1 Å². The molecule has 0 radical (unpaired) electrons. The Kier molecular flexibility index (Phi) is 5.59. The zero-order valence-electron chi connectivity index (χ0n) is 14.6. The second-order valence-electron chi connectivity index (χ2n) is 7.23. The Balaban J connectivity index is 2.17. The number of carbonyl (C=O) groups is 2. The lowest BCUT2D eigenvalue weighted by Crippen LogP contribution is -2.67. The molecule has 1 aliphatic rings. The third-order valence-electron chi connectivity index (χ3n) is 3.60. The largest absolute Gasteiger partial charge is 0.481 e. The van der Waals surface area contributed by atoms with Crippen LogP contribution in [-0.2, 0) is 9.53 Å². The average molecular weight is 435 g/mol. The van der Waals surface area contributed by atoms with E-state index in [1.54, 1.807) is 26.8 Å². The van der Waals surface area contributed by atoms with Crippen LogP contribution in [-0.4, -0.2) is 46.4 Å². The first-order chi connectivity index (χ1) is 11.4. The van der Waals surface area contributed by atoms with Gasteiger partial charge in [0.15, 0.2) is 5.60 Å². The van der Waals surface area contributed by atoms with Gasteiger partial charge in [-0.1, -0.05) is 27.5 Å². The maximum absolute atomic E-state index is 12.1. The first-order valence-electron chi connectivity index (χ1n) is 7.75. The third-order valence-corrected chi connectivity index (χ3v) is 4.33. The summed E-state index contributed by atoms with van der Waals surface area (Å²) in [4.78, 5) is 24.8. The maximum Gasteiger partial charge on any atom is 0.410 e. The number of carbonyl (C=O) groups excluding carboxylic acids is 1. The molecule has 2 rings (SSSR count). The standard InChI is InChI=1S/C17H21BrClNO5/c1-10-5-11(18)6-12(19)14(10)24-17(7-13(21)22)8-20(9-17)15(23)25-16(2,3)4/h5-6H,7-9H2,1-4H3,(H,21,22). The summed E-state index contributed by atoms with van der Waals surface area (Å²) < 4.78 is 12.1. The molecule has 138 valence electrons. The van der Waals surface area contributed by atoms with Gasteiger partial charge >= 0.3 is 12.1 Å². The van der Waals surface area contributed by atoms with Gasteiger partial charge in [0, 0.05) is 4.47 Å².